The third kappa shape index (κ3) is 2.42. The monoisotopic (exact) mass is 333 g/mol. The normalized spacial score (nSPS) is 10.7. The van der Waals surface area contributed by atoms with Crippen LogP contribution in [0.5, 0.6) is 0 Å². The molecule has 0 aliphatic heterocycles. The van der Waals surface area contributed by atoms with Gasteiger partial charge in [-0.1, -0.05) is 11.2 Å². The highest BCUT2D eigenvalue weighted by Gasteiger charge is 2.13. The van der Waals surface area contributed by atoms with Gasteiger partial charge in [0.15, 0.2) is 0 Å². The fraction of sp³-hybridized carbons (Fsp3) is 0. The maximum absolute atomic E-state index is 13.1. The van der Waals surface area contributed by atoms with E-state index in [2.05, 4.69) is 26.1 Å². The second-order valence-electron chi connectivity index (χ2n) is 4.17. The van der Waals surface area contributed by atoms with Crippen LogP contribution in [0.2, 0.25) is 0 Å². The molecular weight excluding hydrogens is 325 g/mol. The van der Waals surface area contributed by atoms with E-state index in [1.54, 1.807) is 18.2 Å². The van der Waals surface area contributed by atoms with Crippen molar-refractivity contribution >= 4 is 21.6 Å². The highest BCUT2D eigenvalue weighted by atomic mass is 79.9. The zero-order valence-corrected chi connectivity index (χ0v) is 11.8. The first-order chi connectivity index (χ1) is 9.63. The molecule has 1 heterocycles. The van der Waals surface area contributed by atoms with Crippen molar-refractivity contribution in [1.82, 2.24) is 10.1 Å². The molecule has 0 bridgehead atoms. The van der Waals surface area contributed by atoms with E-state index in [1.807, 2.05) is 12.1 Å². The van der Waals surface area contributed by atoms with Crippen molar-refractivity contribution in [3.05, 3.63) is 52.8 Å². The van der Waals surface area contributed by atoms with Crippen molar-refractivity contribution in [1.29, 1.82) is 0 Å². The molecule has 0 unspecified atom stereocenters. The van der Waals surface area contributed by atoms with Crippen molar-refractivity contribution in [2.75, 3.05) is 5.73 Å². The maximum Gasteiger partial charge on any atom is 0.258 e. The molecule has 100 valence electrons. The molecule has 3 aromatic rings. The predicted molar refractivity (Wildman–Crippen MR) is 77.2 cm³/mol. The van der Waals surface area contributed by atoms with Crippen LogP contribution in [0.3, 0.4) is 0 Å². The van der Waals surface area contributed by atoms with Crippen molar-refractivity contribution < 1.29 is 8.91 Å². The van der Waals surface area contributed by atoms with Crippen molar-refractivity contribution in [2.45, 2.75) is 0 Å². The van der Waals surface area contributed by atoms with Crippen LogP contribution in [-0.2, 0) is 0 Å². The van der Waals surface area contributed by atoms with Crippen LogP contribution >= 0.6 is 15.9 Å². The summed E-state index contributed by atoms with van der Waals surface area (Å²) < 4.78 is 18.9. The third-order valence-electron chi connectivity index (χ3n) is 2.73. The van der Waals surface area contributed by atoms with Crippen LogP contribution < -0.4 is 5.73 Å². The summed E-state index contributed by atoms with van der Waals surface area (Å²) in [4.78, 5) is 4.30. The number of anilines is 1. The van der Waals surface area contributed by atoms with Crippen molar-refractivity contribution in [2.24, 2.45) is 0 Å². The first-order valence-corrected chi connectivity index (χ1v) is 6.58. The van der Waals surface area contributed by atoms with Crippen LogP contribution in [0.1, 0.15) is 0 Å². The molecule has 2 aromatic carbocycles. The van der Waals surface area contributed by atoms with Crippen LogP contribution in [0.4, 0.5) is 10.1 Å². The van der Waals surface area contributed by atoms with E-state index in [0.29, 0.717) is 27.4 Å². The Morgan fingerprint density at radius 1 is 1.15 bits per heavy atom. The summed E-state index contributed by atoms with van der Waals surface area (Å²) in [7, 11) is 0. The van der Waals surface area contributed by atoms with E-state index in [-0.39, 0.29) is 5.82 Å². The zero-order chi connectivity index (χ0) is 14.1. The average Bonchev–Trinajstić information content (AvgIpc) is 2.88. The van der Waals surface area contributed by atoms with Gasteiger partial charge in [-0.05, 0) is 52.3 Å². The molecule has 2 N–H and O–H groups in total. The van der Waals surface area contributed by atoms with E-state index >= 15 is 0 Å². The summed E-state index contributed by atoms with van der Waals surface area (Å²) in [6, 6.07) is 11.4. The third-order valence-corrected chi connectivity index (χ3v) is 3.39. The Hall–Kier alpha value is -2.21. The number of benzene rings is 2. The van der Waals surface area contributed by atoms with Crippen molar-refractivity contribution in [3.8, 4) is 22.8 Å². The summed E-state index contributed by atoms with van der Waals surface area (Å²) in [5.41, 5.74) is 7.73. The summed E-state index contributed by atoms with van der Waals surface area (Å²) in [5.74, 6) is 0.415. The van der Waals surface area contributed by atoms with Gasteiger partial charge in [-0.15, -0.1) is 0 Å². The van der Waals surface area contributed by atoms with E-state index in [9.17, 15) is 4.39 Å². The van der Waals surface area contributed by atoms with Crippen LogP contribution in [0.15, 0.2) is 51.5 Å². The van der Waals surface area contributed by atoms with Gasteiger partial charge in [-0.2, -0.15) is 4.98 Å². The number of hydrogen-bond donors (Lipinski definition) is 1. The lowest BCUT2D eigenvalue weighted by Crippen LogP contribution is -1.86. The number of hydrogen-bond acceptors (Lipinski definition) is 4. The maximum atomic E-state index is 13.1. The van der Waals surface area contributed by atoms with Gasteiger partial charge in [0.2, 0.25) is 5.82 Å². The molecule has 0 aliphatic carbocycles. The Morgan fingerprint density at radius 3 is 2.75 bits per heavy atom. The van der Waals surface area contributed by atoms with Gasteiger partial charge in [0.1, 0.15) is 5.82 Å². The summed E-state index contributed by atoms with van der Waals surface area (Å²) in [5, 5.41) is 3.90. The predicted octanol–water partition coefficient (Wildman–Crippen LogP) is 3.89. The van der Waals surface area contributed by atoms with Crippen LogP contribution in [0.25, 0.3) is 22.8 Å². The number of nitrogens with zero attached hydrogens (tertiary/aromatic N) is 2. The minimum absolute atomic E-state index is 0.333. The number of aromatic nitrogens is 2. The Morgan fingerprint density at radius 2 is 2.00 bits per heavy atom. The molecule has 20 heavy (non-hydrogen) atoms. The summed E-state index contributed by atoms with van der Waals surface area (Å²) in [6.45, 7) is 0. The first-order valence-electron chi connectivity index (χ1n) is 5.78. The Kier molecular flexibility index (Phi) is 3.23. The average molecular weight is 334 g/mol. The van der Waals surface area contributed by atoms with E-state index in [4.69, 9.17) is 10.3 Å². The molecule has 0 amide bonds. The molecule has 0 radical (unpaired) electrons. The quantitative estimate of drug-likeness (QED) is 0.722. The fourth-order valence-electron chi connectivity index (χ4n) is 1.79. The molecule has 6 heteroatoms. The molecule has 0 fully saturated rings. The number of nitrogens with two attached hydrogens (primary N) is 1. The highest BCUT2D eigenvalue weighted by Crippen LogP contribution is 2.29. The van der Waals surface area contributed by atoms with E-state index in [1.165, 1.54) is 12.1 Å². The Labute approximate surface area is 122 Å². The summed E-state index contributed by atoms with van der Waals surface area (Å²) >= 11 is 3.28. The number of rotatable bonds is 2. The molecule has 0 spiro atoms. The van der Waals surface area contributed by atoms with Gasteiger partial charge in [0, 0.05) is 21.3 Å². The molecule has 4 nitrogen and oxygen atoms in total. The number of nitrogen functional groups attached to an aromatic ring is 1. The van der Waals surface area contributed by atoms with Gasteiger partial charge in [-0.25, -0.2) is 4.39 Å². The standard InChI is InChI=1S/C14H9BrFN3O/c15-12-7-9(16)4-5-11(12)13-18-14(20-19-13)8-2-1-3-10(17)6-8/h1-7H,17H2. The molecule has 1 aromatic heterocycles. The smallest absolute Gasteiger partial charge is 0.258 e. The van der Waals surface area contributed by atoms with E-state index < -0.39 is 0 Å². The second-order valence-corrected chi connectivity index (χ2v) is 5.03. The fourth-order valence-corrected chi connectivity index (χ4v) is 2.32. The largest absolute Gasteiger partial charge is 0.399 e. The lowest BCUT2D eigenvalue weighted by Gasteiger charge is -1.98. The summed E-state index contributed by atoms with van der Waals surface area (Å²) in [6.07, 6.45) is 0. The van der Waals surface area contributed by atoms with Gasteiger partial charge in [-0.3, -0.25) is 0 Å². The SMILES string of the molecule is Nc1cccc(-c2nc(-c3ccc(F)cc3Br)no2)c1. The van der Waals surface area contributed by atoms with Gasteiger partial charge >= 0.3 is 0 Å². The molecule has 0 saturated heterocycles. The lowest BCUT2D eigenvalue weighted by atomic mass is 10.2. The second kappa shape index (κ2) is 5.05. The van der Waals surface area contributed by atoms with Gasteiger partial charge in [0.25, 0.3) is 5.89 Å². The zero-order valence-electron chi connectivity index (χ0n) is 10.2. The molecule has 0 aliphatic rings. The topological polar surface area (TPSA) is 64.9 Å². The number of halogens is 2. The molecule has 3 rings (SSSR count). The lowest BCUT2D eigenvalue weighted by molar-refractivity contribution is 0.432. The molecule has 0 atom stereocenters. The van der Waals surface area contributed by atoms with Crippen LogP contribution in [-0.4, -0.2) is 10.1 Å². The first kappa shape index (κ1) is 12.8. The van der Waals surface area contributed by atoms with Crippen LogP contribution in [0, 0.1) is 5.82 Å². The molecular formula is C14H9BrFN3O. The Balaban J connectivity index is 2.02. The van der Waals surface area contributed by atoms with Crippen molar-refractivity contribution in [3.63, 3.8) is 0 Å². The Bertz CT molecular complexity index is 773. The van der Waals surface area contributed by atoms with E-state index in [0.717, 1.165) is 5.56 Å². The minimum Gasteiger partial charge on any atom is -0.399 e. The highest BCUT2D eigenvalue weighted by molar-refractivity contribution is 9.10. The molecule has 0 saturated carbocycles. The van der Waals surface area contributed by atoms with Gasteiger partial charge < -0.3 is 10.3 Å². The minimum atomic E-state index is -0.333. The van der Waals surface area contributed by atoms with Gasteiger partial charge in [0.05, 0.1) is 0 Å².